The Bertz CT molecular complexity index is 658. The summed E-state index contributed by atoms with van der Waals surface area (Å²) in [5.74, 6) is -1.77. The van der Waals surface area contributed by atoms with Crippen molar-refractivity contribution in [3.63, 3.8) is 0 Å². The molecule has 0 aliphatic heterocycles. The van der Waals surface area contributed by atoms with Gasteiger partial charge in [-0.3, -0.25) is 4.79 Å². The second-order valence-electron chi connectivity index (χ2n) is 5.82. The number of ether oxygens (including phenoxy) is 1. The molecule has 0 heterocycles. The molecule has 144 valence electrons. The molecule has 0 saturated heterocycles. The first-order valence-electron chi connectivity index (χ1n) is 7.63. The van der Waals surface area contributed by atoms with E-state index >= 15 is 0 Å². The van der Waals surface area contributed by atoms with Gasteiger partial charge in [-0.25, -0.2) is 4.79 Å². The number of aliphatic hydroxyl groups excluding tert-OH is 2. The number of benzene rings is 1. The van der Waals surface area contributed by atoms with Crippen molar-refractivity contribution in [3.8, 4) is 11.5 Å². The summed E-state index contributed by atoms with van der Waals surface area (Å²) in [4.78, 5) is 20.6. The maximum Gasteiger partial charge on any atom is 0.335 e. The number of aromatic hydroxyl groups is 2. The molecule has 1 aromatic carbocycles. The topological polar surface area (TPSA) is 165 Å². The van der Waals surface area contributed by atoms with E-state index in [-0.39, 0.29) is 24.3 Å². The van der Waals surface area contributed by atoms with Gasteiger partial charge in [-0.1, -0.05) is 12.1 Å². The zero-order valence-corrected chi connectivity index (χ0v) is 14.0. The van der Waals surface area contributed by atoms with Crippen molar-refractivity contribution in [2.75, 3.05) is 7.11 Å². The Labute approximate surface area is 149 Å². The summed E-state index contributed by atoms with van der Waals surface area (Å²) in [5.41, 5.74) is -1.35. The van der Waals surface area contributed by atoms with Crippen molar-refractivity contribution in [2.45, 2.75) is 36.8 Å². The molecule has 0 amide bonds. The first-order chi connectivity index (χ1) is 12.1. The van der Waals surface area contributed by atoms with Crippen LogP contribution in [0.2, 0.25) is 0 Å². The molecule has 4 atom stereocenters. The minimum absolute atomic E-state index is 0.168. The number of aliphatic hydroxyl groups is 3. The number of carbonyl (C=O) groups excluding carboxylic acids is 1. The van der Waals surface area contributed by atoms with Crippen LogP contribution in [-0.2, 0) is 14.3 Å². The van der Waals surface area contributed by atoms with E-state index in [1.165, 1.54) is 31.4 Å². The lowest BCUT2D eigenvalue weighted by Gasteiger charge is -2.38. The largest absolute Gasteiger partial charge is 0.504 e. The Morgan fingerprint density at radius 2 is 1.88 bits per heavy atom. The molecule has 9 heteroatoms. The highest BCUT2D eigenvalue weighted by Gasteiger charge is 2.49. The zero-order chi connectivity index (χ0) is 19.9. The van der Waals surface area contributed by atoms with Crippen LogP contribution in [0, 0.1) is 0 Å². The van der Waals surface area contributed by atoms with Gasteiger partial charge >= 0.3 is 5.97 Å². The number of rotatable bonds is 4. The van der Waals surface area contributed by atoms with E-state index in [0.717, 1.165) is 0 Å². The number of carboxylic acids is 1. The van der Waals surface area contributed by atoms with Crippen molar-refractivity contribution in [2.24, 2.45) is 0 Å². The number of hydrogen-bond acceptors (Lipinski definition) is 8. The molecule has 0 bridgehead atoms. The van der Waals surface area contributed by atoms with Gasteiger partial charge in [0, 0.05) is 20.0 Å². The van der Waals surface area contributed by atoms with Crippen LogP contribution in [0.15, 0.2) is 24.3 Å². The molecule has 1 aromatic rings. The zero-order valence-electron chi connectivity index (χ0n) is 14.0. The monoisotopic (exact) mass is 370 g/mol. The summed E-state index contributed by atoms with van der Waals surface area (Å²) in [6.07, 6.45) is -0.420. The summed E-state index contributed by atoms with van der Waals surface area (Å²) in [7, 11) is 1.29. The number of carbonyl (C=O) groups is 2. The number of phenols is 2. The van der Waals surface area contributed by atoms with Crippen molar-refractivity contribution >= 4 is 18.3 Å². The molecular formula is C17H22O9. The number of phenolic OH excluding ortho intramolecular Hbond substituents is 2. The van der Waals surface area contributed by atoms with Crippen LogP contribution in [0.3, 0.4) is 0 Å². The van der Waals surface area contributed by atoms with Crippen molar-refractivity contribution in [1.82, 2.24) is 0 Å². The minimum Gasteiger partial charge on any atom is -0.504 e. The van der Waals surface area contributed by atoms with Gasteiger partial charge in [0.1, 0.15) is 12.4 Å². The van der Waals surface area contributed by atoms with Gasteiger partial charge in [0.25, 0.3) is 0 Å². The van der Waals surface area contributed by atoms with E-state index < -0.39 is 29.9 Å². The highest BCUT2D eigenvalue weighted by atomic mass is 16.5. The lowest BCUT2D eigenvalue weighted by atomic mass is 9.79. The molecule has 1 saturated carbocycles. The predicted octanol–water partition coefficient (Wildman–Crippen LogP) is -0.357. The minimum atomic E-state index is -2.01. The predicted molar refractivity (Wildman–Crippen MR) is 89.5 cm³/mol. The van der Waals surface area contributed by atoms with Crippen LogP contribution in [0.25, 0.3) is 6.08 Å². The molecule has 6 N–H and O–H groups in total. The number of carboxylic acid groups (broad SMARTS) is 1. The van der Waals surface area contributed by atoms with E-state index in [1.54, 1.807) is 6.07 Å². The molecule has 2 unspecified atom stereocenters. The second-order valence-corrected chi connectivity index (χ2v) is 5.82. The summed E-state index contributed by atoms with van der Waals surface area (Å²) in [6.45, 7) is 0. The molecule has 1 fully saturated rings. The summed E-state index contributed by atoms with van der Waals surface area (Å²) < 4.78 is 4.79. The van der Waals surface area contributed by atoms with Gasteiger partial charge < -0.3 is 35.4 Å². The molecule has 2 rings (SSSR count). The van der Waals surface area contributed by atoms with E-state index in [2.05, 4.69) is 0 Å². The quantitative estimate of drug-likeness (QED) is 0.236. The molecule has 0 radical (unpaired) electrons. The van der Waals surface area contributed by atoms with Crippen LogP contribution < -0.4 is 0 Å². The fourth-order valence-corrected chi connectivity index (χ4v) is 2.44. The van der Waals surface area contributed by atoms with E-state index in [1.807, 2.05) is 0 Å². The fourth-order valence-electron chi connectivity index (χ4n) is 2.44. The standard InChI is InChI=1S/C9H8O3.C8H14O6/c10-5-1-2-7-3-4-8(11)9(12)6-7;1-14-5-3-8(13,7(11)12)2-4(9)6(5)10/h1-6,11-12H;4-6,9-10,13H,2-3H2,1H3,(H,11,12)/b2-1+;/t;4-,5?,6?,8+/m.0/s1. The van der Waals surface area contributed by atoms with Gasteiger partial charge in [-0.2, -0.15) is 0 Å². The Hall–Kier alpha value is -2.46. The van der Waals surface area contributed by atoms with Crippen LogP contribution in [0.5, 0.6) is 11.5 Å². The third-order valence-corrected chi connectivity index (χ3v) is 3.93. The lowest BCUT2D eigenvalue weighted by molar-refractivity contribution is -0.190. The molecule has 9 nitrogen and oxygen atoms in total. The van der Waals surface area contributed by atoms with Gasteiger partial charge in [0.15, 0.2) is 17.1 Å². The van der Waals surface area contributed by atoms with Crippen LogP contribution in [0.4, 0.5) is 0 Å². The first kappa shape index (κ1) is 21.6. The van der Waals surface area contributed by atoms with Crippen LogP contribution >= 0.6 is 0 Å². The summed E-state index contributed by atoms with van der Waals surface area (Å²) in [5, 5.41) is 54.9. The third-order valence-electron chi connectivity index (χ3n) is 3.93. The van der Waals surface area contributed by atoms with Gasteiger partial charge in [-0.05, 0) is 23.8 Å². The second kappa shape index (κ2) is 9.30. The maximum absolute atomic E-state index is 10.7. The van der Waals surface area contributed by atoms with Gasteiger partial charge in [0.2, 0.25) is 0 Å². The highest BCUT2D eigenvalue weighted by Crippen LogP contribution is 2.30. The maximum atomic E-state index is 10.7. The van der Waals surface area contributed by atoms with Crippen LogP contribution in [-0.4, -0.2) is 73.9 Å². The van der Waals surface area contributed by atoms with E-state index in [0.29, 0.717) is 11.8 Å². The number of hydrogen-bond donors (Lipinski definition) is 6. The summed E-state index contributed by atoms with van der Waals surface area (Å²) >= 11 is 0. The van der Waals surface area contributed by atoms with Crippen molar-refractivity contribution in [3.05, 3.63) is 29.8 Å². The van der Waals surface area contributed by atoms with Crippen molar-refractivity contribution < 1.29 is 45.0 Å². The Kier molecular flexibility index (Phi) is 7.72. The lowest BCUT2D eigenvalue weighted by Crippen LogP contribution is -2.56. The van der Waals surface area contributed by atoms with E-state index in [4.69, 9.17) is 20.1 Å². The summed E-state index contributed by atoms with van der Waals surface area (Å²) in [6, 6.07) is 4.32. The first-order valence-corrected chi connectivity index (χ1v) is 7.63. The normalized spacial score (nSPS) is 28.2. The average Bonchev–Trinajstić information content (AvgIpc) is 2.59. The van der Waals surface area contributed by atoms with E-state index in [9.17, 15) is 24.9 Å². The van der Waals surface area contributed by atoms with Gasteiger partial charge in [-0.15, -0.1) is 0 Å². The Balaban J connectivity index is 0.000000263. The number of methoxy groups -OCH3 is 1. The van der Waals surface area contributed by atoms with Gasteiger partial charge in [0.05, 0.1) is 12.2 Å². The van der Waals surface area contributed by atoms with Crippen molar-refractivity contribution in [1.29, 1.82) is 0 Å². The van der Waals surface area contributed by atoms with Crippen LogP contribution in [0.1, 0.15) is 18.4 Å². The number of aldehydes is 1. The molecule has 1 aliphatic rings. The molecular weight excluding hydrogens is 348 g/mol. The molecule has 0 spiro atoms. The number of allylic oxidation sites excluding steroid dienone is 1. The molecule has 26 heavy (non-hydrogen) atoms. The smallest absolute Gasteiger partial charge is 0.335 e. The average molecular weight is 370 g/mol. The molecule has 1 aliphatic carbocycles. The third kappa shape index (κ3) is 5.53. The highest BCUT2D eigenvalue weighted by molar-refractivity contribution is 5.77. The SMILES string of the molecule is COC1C[C@@](O)(C(=O)O)C[C@H](O)C1O.O=C/C=C/c1ccc(O)c(O)c1. The number of aliphatic carboxylic acids is 1. The Morgan fingerprint density at radius 3 is 2.38 bits per heavy atom. The molecule has 0 aromatic heterocycles. The fraction of sp³-hybridized carbons (Fsp3) is 0.412. The Morgan fingerprint density at radius 1 is 1.23 bits per heavy atom.